The van der Waals surface area contributed by atoms with Crippen LogP contribution in [0.5, 0.6) is 0 Å². The van der Waals surface area contributed by atoms with E-state index in [1.807, 2.05) is 0 Å². The predicted octanol–water partition coefficient (Wildman–Crippen LogP) is -1.52. The molecule has 0 amide bonds. The summed E-state index contributed by atoms with van der Waals surface area (Å²) in [5, 5.41) is 0. The zero-order valence-electron chi connectivity index (χ0n) is 2.49. The minimum Gasteiger partial charge on any atom is 0 e. The van der Waals surface area contributed by atoms with Gasteiger partial charge >= 0.3 is 0 Å². The normalized spacial score (nSPS) is 0. The molecule has 0 aromatic heterocycles. The van der Waals surface area contributed by atoms with Gasteiger partial charge in [-0.05, 0) is 0 Å². The van der Waals surface area contributed by atoms with Gasteiger partial charge in [-0.2, -0.15) is 0 Å². The Bertz CT molecular complexity index is 6.00. The van der Waals surface area contributed by atoms with E-state index in [0.29, 0.717) is 0 Å². The van der Waals surface area contributed by atoms with E-state index >= 15 is 0 Å². The van der Waals surface area contributed by atoms with Crippen LogP contribution in [0.2, 0.25) is 0 Å². The van der Waals surface area contributed by atoms with Crippen LogP contribution in [0.3, 0.4) is 0 Å². The molecule has 0 aliphatic carbocycles. The van der Waals surface area contributed by atoms with Crippen LogP contribution in [0.4, 0.5) is 0 Å². The molecule has 0 bridgehead atoms. The van der Waals surface area contributed by atoms with Gasteiger partial charge in [0, 0.05) is 104 Å². The molecule has 0 aromatic rings. The summed E-state index contributed by atoms with van der Waals surface area (Å²) in [6.07, 6.45) is 0. The van der Waals surface area contributed by atoms with Gasteiger partial charge in [0.2, 0.25) is 0 Å². The van der Waals surface area contributed by atoms with Crippen molar-refractivity contribution < 1.29 is 0 Å². The molecule has 0 saturated heterocycles. The summed E-state index contributed by atoms with van der Waals surface area (Å²) >= 11 is 0. The van der Waals surface area contributed by atoms with Crippen LogP contribution in [-0.2, 0) is 0 Å². The molecule has 4 heteroatoms. The molecule has 0 atom stereocenters. The maximum absolute atomic E-state index is 0. The Labute approximate surface area is 101 Å². The van der Waals surface area contributed by atoms with E-state index in [2.05, 4.69) is 0 Å². The largest absolute Gasteiger partial charge is 0 e. The predicted molar refractivity (Wildman–Crippen MR) is 23.0 cm³/mol. The molecule has 0 heterocycles. The zero-order chi connectivity index (χ0) is 0. The van der Waals surface area contributed by atoms with Gasteiger partial charge in [0.05, 0.1) is 0 Å². The van der Waals surface area contributed by atoms with Gasteiger partial charge in [-0.3, -0.25) is 0 Å². The molecule has 0 aromatic carbocycles. The van der Waals surface area contributed by atoms with E-state index < -0.39 is 0 Å². The molecule has 11 radical (unpaired) electrons. The Morgan fingerprint density at radius 2 is 0.750 bits per heavy atom. The van der Waals surface area contributed by atoms with Crippen molar-refractivity contribution >= 4 is 104 Å². The Hall–Kier alpha value is 3.27. The SMILES string of the molecule is [Al].[Ca].[Ca].[Si]. The van der Waals surface area contributed by atoms with Crippen LogP contribution in [0.1, 0.15) is 0 Å². The van der Waals surface area contributed by atoms with Gasteiger partial charge in [-0.15, -0.1) is 0 Å². The second-order valence-corrected chi connectivity index (χ2v) is 0. The van der Waals surface area contributed by atoms with Gasteiger partial charge in [0.1, 0.15) is 0 Å². The van der Waals surface area contributed by atoms with Crippen molar-refractivity contribution in [3.8, 4) is 0 Å². The van der Waals surface area contributed by atoms with Gasteiger partial charge in [0.25, 0.3) is 0 Å². The molecule has 0 aliphatic heterocycles. The third-order valence-electron chi connectivity index (χ3n) is 0. The van der Waals surface area contributed by atoms with Crippen LogP contribution in [0, 0.1) is 0 Å². The summed E-state index contributed by atoms with van der Waals surface area (Å²) < 4.78 is 0. The number of rotatable bonds is 0. The molecular weight excluding hydrogens is 135 g/mol. The van der Waals surface area contributed by atoms with Crippen molar-refractivity contribution in [3.05, 3.63) is 0 Å². The van der Waals surface area contributed by atoms with E-state index in [-0.39, 0.29) is 104 Å². The molecule has 0 unspecified atom stereocenters. The summed E-state index contributed by atoms with van der Waals surface area (Å²) in [6, 6.07) is 0. The second kappa shape index (κ2) is 16.3. The first-order valence-electron chi connectivity index (χ1n) is 0. The van der Waals surface area contributed by atoms with Crippen molar-refractivity contribution in [3.63, 3.8) is 0 Å². The van der Waals surface area contributed by atoms with Crippen LogP contribution in [0.15, 0.2) is 0 Å². The maximum atomic E-state index is 0. The minimum absolute atomic E-state index is 0. The maximum Gasteiger partial charge on any atom is 0 e. The van der Waals surface area contributed by atoms with Gasteiger partial charge in [-0.25, -0.2) is 0 Å². The molecule has 0 N–H and O–H groups in total. The van der Waals surface area contributed by atoms with Gasteiger partial charge in [-0.1, -0.05) is 0 Å². The van der Waals surface area contributed by atoms with Crippen LogP contribution in [-0.4, -0.2) is 104 Å². The molecule has 0 spiro atoms. The van der Waals surface area contributed by atoms with Crippen molar-refractivity contribution in [1.82, 2.24) is 0 Å². The third kappa shape index (κ3) is 8.99. The summed E-state index contributed by atoms with van der Waals surface area (Å²) in [6.45, 7) is 0. The van der Waals surface area contributed by atoms with Crippen LogP contribution >= 0.6 is 0 Å². The summed E-state index contributed by atoms with van der Waals surface area (Å²) in [7, 11) is 0. The molecule has 0 nitrogen and oxygen atoms in total. The van der Waals surface area contributed by atoms with Crippen molar-refractivity contribution in [2.45, 2.75) is 0 Å². The summed E-state index contributed by atoms with van der Waals surface area (Å²) in [4.78, 5) is 0. The van der Waals surface area contributed by atoms with Gasteiger partial charge in [0.15, 0.2) is 0 Å². The fourth-order valence-corrected chi connectivity index (χ4v) is 0. The molecule has 0 aliphatic rings. The van der Waals surface area contributed by atoms with E-state index in [4.69, 9.17) is 0 Å². The molecule has 0 saturated carbocycles. The van der Waals surface area contributed by atoms with Crippen molar-refractivity contribution in [2.24, 2.45) is 0 Å². The first-order chi connectivity index (χ1) is 0. The first kappa shape index (κ1) is 26.7. The Morgan fingerprint density at radius 1 is 0.750 bits per heavy atom. The molecule has 0 fully saturated rings. The molecule has 11 valence electrons. The smallest absolute Gasteiger partial charge is 0 e. The third-order valence-corrected chi connectivity index (χ3v) is 0. The van der Waals surface area contributed by atoms with Crippen LogP contribution in [0.25, 0.3) is 0 Å². The average Bonchev–Trinajstić information content (AvgIpc) is 0. The summed E-state index contributed by atoms with van der Waals surface area (Å²) in [5.41, 5.74) is 0. The monoisotopic (exact) mass is 135 g/mol. The standard InChI is InChI=1S/Al.2Ca.Si. The fourth-order valence-electron chi connectivity index (χ4n) is 0. The average molecular weight is 135 g/mol. The molecular formula is AlCa2Si. The Morgan fingerprint density at radius 3 is 0.750 bits per heavy atom. The quantitative estimate of drug-likeness (QED) is 0.354. The summed E-state index contributed by atoms with van der Waals surface area (Å²) in [5.74, 6) is 0. The van der Waals surface area contributed by atoms with E-state index in [9.17, 15) is 0 Å². The van der Waals surface area contributed by atoms with E-state index in [1.54, 1.807) is 0 Å². The van der Waals surface area contributed by atoms with E-state index in [1.165, 1.54) is 0 Å². The van der Waals surface area contributed by atoms with Crippen molar-refractivity contribution in [2.75, 3.05) is 0 Å². The molecule has 0 rings (SSSR count). The zero-order valence-corrected chi connectivity index (χ0v) is 9.06. The topological polar surface area (TPSA) is 0 Å². The van der Waals surface area contributed by atoms with Crippen LogP contribution < -0.4 is 0 Å². The number of hydrogen-bond donors (Lipinski definition) is 0. The van der Waals surface area contributed by atoms with Crippen molar-refractivity contribution in [1.29, 1.82) is 0 Å². The van der Waals surface area contributed by atoms with Gasteiger partial charge < -0.3 is 0 Å². The van der Waals surface area contributed by atoms with E-state index in [0.717, 1.165) is 0 Å². The molecule has 4 heavy (non-hydrogen) atoms. The minimum atomic E-state index is 0. The fraction of sp³-hybridized carbons (Fsp3) is 0. The Kier molecular flexibility index (Phi) is 109. The Balaban J connectivity index is 0. The number of hydrogen-bond acceptors (Lipinski definition) is 0. The second-order valence-electron chi connectivity index (χ2n) is 0. The first-order valence-corrected chi connectivity index (χ1v) is 0.